The van der Waals surface area contributed by atoms with Crippen LogP contribution in [0, 0.1) is 0 Å². The highest BCUT2D eigenvalue weighted by Gasteiger charge is 2.14. The van der Waals surface area contributed by atoms with Crippen LogP contribution in [0.4, 0.5) is 0 Å². The van der Waals surface area contributed by atoms with Crippen LogP contribution in [0.2, 0.25) is 0 Å². The SMILES string of the molecule is CCSCCC(=O)NC1CCCCC1. The monoisotopic (exact) mass is 215 g/mol. The first-order chi connectivity index (χ1) is 6.83. The lowest BCUT2D eigenvalue weighted by molar-refractivity contribution is -0.121. The van der Waals surface area contributed by atoms with Crippen molar-refractivity contribution in [3.05, 3.63) is 0 Å². The molecule has 0 heterocycles. The van der Waals surface area contributed by atoms with Crippen LogP contribution in [0.25, 0.3) is 0 Å². The smallest absolute Gasteiger partial charge is 0.221 e. The Balaban J connectivity index is 2.06. The van der Waals surface area contributed by atoms with Crippen LogP contribution in [0.15, 0.2) is 0 Å². The summed E-state index contributed by atoms with van der Waals surface area (Å²) in [5.41, 5.74) is 0. The van der Waals surface area contributed by atoms with Crippen molar-refractivity contribution in [2.75, 3.05) is 11.5 Å². The second kappa shape index (κ2) is 7.16. The zero-order valence-electron chi connectivity index (χ0n) is 9.05. The van der Waals surface area contributed by atoms with Crippen LogP contribution >= 0.6 is 11.8 Å². The van der Waals surface area contributed by atoms with E-state index >= 15 is 0 Å². The summed E-state index contributed by atoms with van der Waals surface area (Å²) < 4.78 is 0. The lowest BCUT2D eigenvalue weighted by Gasteiger charge is -2.22. The Morgan fingerprint density at radius 2 is 2.07 bits per heavy atom. The van der Waals surface area contributed by atoms with Gasteiger partial charge in [-0.2, -0.15) is 11.8 Å². The second-order valence-corrected chi connectivity index (χ2v) is 5.24. The van der Waals surface area contributed by atoms with E-state index in [4.69, 9.17) is 0 Å². The Bertz CT molecular complexity index is 167. The van der Waals surface area contributed by atoms with E-state index in [-0.39, 0.29) is 5.91 Å². The molecule has 14 heavy (non-hydrogen) atoms. The highest BCUT2D eigenvalue weighted by Crippen LogP contribution is 2.17. The van der Waals surface area contributed by atoms with Gasteiger partial charge < -0.3 is 5.32 Å². The molecule has 1 rings (SSSR count). The van der Waals surface area contributed by atoms with Crippen molar-refractivity contribution < 1.29 is 4.79 Å². The molecule has 1 aliphatic rings. The summed E-state index contributed by atoms with van der Waals surface area (Å²) in [5, 5.41) is 3.13. The Morgan fingerprint density at radius 1 is 1.36 bits per heavy atom. The molecule has 0 bridgehead atoms. The predicted octanol–water partition coefficient (Wildman–Crippen LogP) is 2.58. The number of carbonyl (C=O) groups is 1. The average Bonchev–Trinajstić information content (AvgIpc) is 2.20. The molecule has 0 radical (unpaired) electrons. The molecule has 0 aromatic carbocycles. The standard InChI is InChI=1S/C11H21NOS/c1-2-14-9-8-11(13)12-10-6-4-3-5-7-10/h10H,2-9H2,1H3,(H,12,13). The van der Waals surface area contributed by atoms with Crippen LogP contribution in [-0.4, -0.2) is 23.5 Å². The quantitative estimate of drug-likeness (QED) is 0.714. The van der Waals surface area contributed by atoms with Crippen molar-refractivity contribution in [3.63, 3.8) is 0 Å². The molecule has 0 aromatic heterocycles. The van der Waals surface area contributed by atoms with E-state index in [1.807, 2.05) is 11.8 Å². The normalized spacial score (nSPS) is 18.1. The number of hydrogen-bond donors (Lipinski definition) is 1. The van der Waals surface area contributed by atoms with Crippen LogP contribution < -0.4 is 5.32 Å². The molecule has 2 nitrogen and oxygen atoms in total. The van der Waals surface area contributed by atoms with Gasteiger partial charge in [0.2, 0.25) is 5.91 Å². The van der Waals surface area contributed by atoms with Gasteiger partial charge in [-0.15, -0.1) is 0 Å². The lowest BCUT2D eigenvalue weighted by atomic mass is 9.95. The Kier molecular flexibility index (Phi) is 6.08. The second-order valence-electron chi connectivity index (χ2n) is 3.85. The molecule has 0 aromatic rings. The van der Waals surface area contributed by atoms with Crippen molar-refractivity contribution in [2.45, 2.75) is 51.5 Å². The van der Waals surface area contributed by atoms with Crippen LogP contribution in [0.3, 0.4) is 0 Å². The number of nitrogens with one attached hydrogen (secondary N) is 1. The molecule has 1 fully saturated rings. The van der Waals surface area contributed by atoms with Gasteiger partial charge in [-0.1, -0.05) is 26.2 Å². The fourth-order valence-electron chi connectivity index (χ4n) is 1.86. The highest BCUT2D eigenvalue weighted by molar-refractivity contribution is 7.99. The maximum absolute atomic E-state index is 11.5. The van der Waals surface area contributed by atoms with Gasteiger partial charge in [0.1, 0.15) is 0 Å². The Hall–Kier alpha value is -0.180. The number of carbonyl (C=O) groups excluding carboxylic acids is 1. The molecule has 0 atom stereocenters. The van der Waals surface area contributed by atoms with Crippen LogP contribution in [0.5, 0.6) is 0 Å². The Morgan fingerprint density at radius 3 is 2.71 bits per heavy atom. The summed E-state index contributed by atoms with van der Waals surface area (Å²) in [7, 11) is 0. The van der Waals surface area contributed by atoms with Gasteiger partial charge in [0.25, 0.3) is 0 Å². The van der Waals surface area contributed by atoms with E-state index in [1.54, 1.807) is 0 Å². The van der Waals surface area contributed by atoms with Gasteiger partial charge in [-0.25, -0.2) is 0 Å². The van der Waals surface area contributed by atoms with Crippen LogP contribution in [-0.2, 0) is 4.79 Å². The van der Waals surface area contributed by atoms with Gasteiger partial charge in [0.05, 0.1) is 0 Å². The van der Waals surface area contributed by atoms with E-state index in [2.05, 4.69) is 12.2 Å². The maximum Gasteiger partial charge on any atom is 0.221 e. The number of rotatable bonds is 5. The molecule has 1 amide bonds. The first-order valence-corrected chi connectivity index (χ1v) is 6.85. The van der Waals surface area contributed by atoms with Crippen molar-refractivity contribution in [1.82, 2.24) is 5.32 Å². The van der Waals surface area contributed by atoms with Crippen LogP contribution in [0.1, 0.15) is 45.4 Å². The van der Waals surface area contributed by atoms with Crippen molar-refractivity contribution in [2.24, 2.45) is 0 Å². The average molecular weight is 215 g/mol. The van der Waals surface area contributed by atoms with E-state index in [9.17, 15) is 4.79 Å². The Labute approximate surface area is 91.2 Å². The summed E-state index contributed by atoms with van der Waals surface area (Å²) in [6.45, 7) is 2.13. The van der Waals surface area contributed by atoms with Crippen molar-refractivity contribution in [3.8, 4) is 0 Å². The predicted molar refractivity (Wildman–Crippen MR) is 62.6 cm³/mol. The molecular weight excluding hydrogens is 194 g/mol. The molecule has 1 saturated carbocycles. The van der Waals surface area contributed by atoms with Gasteiger partial charge in [0.15, 0.2) is 0 Å². The molecule has 0 aliphatic heterocycles. The minimum Gasteiger partial charge on any atom is -0.353 e. The summed E-state index contributed by atoms with van der Waals surface area (Å²) in [6, 6.07) is 0.475. The molecular formula is C11H21NOS. The zero-order valence-corrected chi connectivity index (χ0v) is 9.87. The first kappa shape index (κ1) is 11.9. The summed E-state index contributed by atoms with van der Waals surface area (Å²) in [6.07, 6.45) is 6.98. The molecule has 0 saturated heterocycles. The van der Waals surface area contributed by atoms with E-state index in [0.29, 0.717) is 12.5 Å². The largest absolute Gasteiger partial charge is 0.353 e. The van der Waals surface area contributed by atoms with Crippen molar-refractivity contribution >= 4 is 17.7 Å². The molecule has 0 unspecified atom stereocenters. The zero-order chi connectivity index (χ0) is 10.2. The molecule has 82 valence electrons. The molecule has 3 heteroatoms. The highest BCUT2D eigenvalue weighted by atomic mass is 32.2. The third kappa shape index (κ3) is 4.89. The lowest BCUT2D eigenvalue weighted by Crippen LogP contribution is -2.36. The third-order valence-electron chi connectivity index (χ3n) is 2.65. The topological polar surface area (TPSA) is 29.1 Å². The van der Waals surface area contributed by atoms with Gasteiger partial charge >= 0.3 is 0 Å². The fraction of sp³-hybridized carbons (Fsp3) is 0.909. The van der Waals surface area contributed by atoms with E-state index in [0.717, 1.165) is 11.5 Å². The molecule has 1 N–H and O–H groups in total. The van der Waals surface area contributed by atoms with E-state index < -0.39 is 0 Å². The number of hydrogen-bond acceptors (Lipinski definition) is 2. The summed E-state index contributed by atoms with van der Waals surface area (Å²) in [4.78, 5) is 11.5. The van der Waals surface area contributed by atoms with E-state index in [1.165, 1.54) is 32.1 Å². The number of amides is 1. The minimum absolute atomic E-state index is 0.248. The van der Waals surface area contributed by atoms with Crippen molar-refractivity contribution in [1.29, 1.82) is 0 Å². The minimum atomic E-state index is 0.248. The summed E-state index contributed by atoms with van der Waals surface area (Å²) >= 11 is 1.84. The van der Waals surface area contributed by atoms with Gasteiger partial charge in [0, 0.05) is 18.2 Å². The number of thioether (sulfide) groups is 1. The first-order valence-electron chi connectivity index (χ1n) is 5.70. The maximum atomic E-state index is 11.5. The van der Waals surface area contributed by atoms with Gasteiger partial charge in [-0.05, 0) is 18.6 Å². The fourth-order valence-corrected chi connectivity index (χ4v) is 2.47. The van der Waals surface area contributed by atoms with Gasteiger partial charge in [-0.3, -0.25) is 4.79 Å². The summed E-state index contributed by atoms with van der Waals surface area (Å²) in [5.74, 6) is 2.32. The third-order valence-corrected chi connectivity index (χ3v) is 3.55. The molecule has 0 spiro atoms. The molecule has 1 aliphatic carbocycles.